The number of rotatable bonds is 4. The lowest BCUT2D eigenvalue weighted by Gasteiger charge is -2.55. The second-order valence-electron chi connectivity index (χ2n) is 10.6. The van der Waals surface area contributed by atoms with Crippen molar-refractivity contribution in [3.05, 3.63) is 46.5 Å². The number of ether oxygens (including phenoxy) is 2. The molecule has 0 amide bonds. The lowest BCUT2D eigenvalue weighted by atomic mass is 9.51. The molecule has 0 aromatic heterocycles. The van der Waals surface area contributed by atoms with E-state index in [1.54, 1.807) is 14.2 Å². The van der Waals surface area contributed by atoms with Crippen molar-refractivity contribution in [3.63, 3.8) is 0 Å². The molecule has 5 rings (SSSR count). The van der Waals surface area contributed by atoms with Crippen LogP contribution in [0.1, 0.15) is 80.1 Å². The first kappa shape index (κ1) is 22.0. The topological polar surface area (TPSA) is 72.8 Å². The number of aliphatic hydroxyl groups is 1. The molecule has 3 fully saturated rings. The van der Waals surface area contributed by atoms with E-state index >= 15 is 0 Å². The van der Waals surface area contributed by atoms with Crippen LogP contribution < -0.4 is 0 Å². The quantitative estimate of drug-likeness (QED) is 0.423. The van der Waals surface area contributed by atoms with Crippen molar-refractivity contribution in [1.82, 2.24) is 0 Å². The number of Topliss-reactive ketones (excluding diaryl/α,β-unsaturated/α-hetero) is 1. The lowest BCUT2D eigenvalue weighted by Crippen LogP contribution is -2.54. The number of hydrogen-bond donors (Lipinski definition) is 1. The molecule has 1 N–H and O–H groups in total. The summed E-state index contributed by atoms with van der Waals surface area (Å²) in [5.74, 6) is 0.402. The van der Waals surface area contributed by atoms with Crippen molar-refractivity contribution in [2.45, 2.75) is 75.6 Å². The average Bonchev–Trinajstić information content (AvgIpc) is 3.11. The Morgan fingerprint density at radius 2 is 1.78 bits per heavy atom. The van der Waals surface area contributed by atoms with Crippen molar-refractivity contribution in [2.75, 3.05) is 14.2 Å². The molecule has 4 aliphatic carbocycles. The monoisotopic (exact) mass is 438 g/mol. The highest BCUT2D eigenvalue weighted by molar-refractivity contribution is 5.87. The highest BCUT2D eigenvalue weighted by Crippen LogP contribution is 2.64. The summed E-state index contributed by atoms with van der Waals surface area (Å²) in [5, 5.41) is 11.9. The Bertz CT molecular complexity index is 959. The summed E-state index contributed by atoms with van der Waals surface area (Å²) in [5.41, 5.74) is 3.06. The van der Waals surface area contributed by atoms with E-state index in [-0.39, 0.29) is 11.3 Å². The first-order valence-electron chi connectivity index (χ1n) is 11.9. The predicted octanol–water partition coefficient (Wildman–Crippen LogP) is 4.58. The number of allylic oxidation sites excluding steroid dienone is 1. The second kappa shape index (κ2) is 7.61. The van der Waals surface area contributed by atoms with E-state index < -0.39 is 11.4 Å². The van der Waals surface area contributed by atoms with Crippen molar-refractivity contribution >= 4 is 12.1 Å². The third-order valence-corrected chi connectivity index (χ3v) is 9.34. The van der Waals surface area contributed by atoms with Crippen molar-refractivity contribution in [3.8, 4) is 0 Å². The minimum Gasteiger partial charge on any atom is -0.385 e. The number of aldehydes is 1. The van der Waals surface area contributed by atoms with E-state index in [1.807, 2.05) is 24.3 Å². The van der Waals surface area contributed by atoms with E-state index in [0.717, 1.165) is 43.1 Å². The molecule has 0 saturated heterocycles. The van der Waals surface area contributed by atoms with Crippen LogP contribution in [0.4, 0.5) is 0 Å². The zero-order valence-corrected chi connectivity index (χ0v) is 19.4. The van der Waals surface area contributed by atoms with Crippen LogP contribution in [0.3, 0.4) is 0 Å². The standard InChI is InChI=1S/C27H34O5/c1-25-14-20(18-6-4-17(15-28)5-7-18)24-19(21(25)8-9-23(25)29)10-12-26(30)16-27(31-2,32-3)13-11-22(24)26/h4-7,15,19-21,30H,8-14,16H2,1-3H3/t19-,20+,21-,25-,26+/m0/s1. The molecule has 172 valence electrons. The summed E-state index contributed by atoms with van der Waals surface area (Å²) in [6, 6.07) is 7.80. The largest absolute Gasteiger partial charge is 0.385 e. The molecule has 0 spiro atoms. The number of carbonyl (C=O) groups is 2. The number of ketones is 1. The smallest absolute Gasteiger partial charge is 0.170 e. The molecular weight excluding hydrogens is 404 g/mol. The minimum atomic E-state index is -0.937. The fourth-order valence-corrected chi connectivity index (χ4v) is 7.58. The average molecular weight is 439 g/mol. The van der Waals surface area contributed by atoms with Gasteiger partial charge >= 0.3 is 0 Å². The Hall–Kier alpha value is -1.82. The van der Waals surface area contributed by atoms with Gasteiger partial charge in [0.1, 0.15) is 12.1 Å². The molecule has 4 aliphatic rings. The number of hydrogen-bond acceptors (Lipinski definition) is 5. The van der Waals surface area contributed by atoms with E-state index in [9.17, 15) is 14.7 Å². The van der Waals surface area contributed by atoms with Gasteiger partial charge in [0.15, 0.2) is 5.79 Å². The third-order valence-electron chi connectivity index (χ3n) is 9.34. The first-order chi connectivity index (χ1) is 15.3. The van der Waals surface area contributed by atoms with Crippen LogP contribution >= 0.6 is 0 Å². The summed E-state index contributed by atoms with van der Waals surface area (Å²) in [6.45, 7) is 2.17. The van der Waals surface area contributed by atoms with Crippen LogP contribution in [0.2, 0.25) is 0 Å². The second-order valence-corrected chi connectivity index (χ2v) is 10.6. The van der Waals surface area contributed by atoms with Crippen LogP contribution in [0.5, 0.6) is 0 Å². The SMILES string of the molecule is COC1(OC)CCC2=C3[C@@H](CC[C@@]2(O)C1)[C@@H]1CCC(=O)[C@@]1(C)C[C@@H]3c1ccc(C=O)cc1. The van der Waals surface area contributed by atoms with Crippen LogP contribution in [0.15, 0.2) is 35.4 Å². The Morgan fingerprint density at radius 1 is 1.06 bits per heavy atom. The van der Waals surface area contributed by atoms with Gasteiger partial charge in [0.25, 0.3) is 0 Å². The van der Waals surface area contributed by atoms with E-state index in [4.69, 9.17) is 9.47 Å². The van der Waals surface area contributed by atoms with Gasteiger partial charge in [0, 0.05) is 50.4 Å². The molecule has 1 aromatic rings. The molecule has 0 radical (unpaired) electrons. The summed E-state index contributed by atoms with van der Waals surface area (Å²) < 4.78 is 11.5. The summed E-state index contributed by atoms with van der Waals surface area (Å²) >= 11 is 0. The minimum absolute atomic E-state index is 0.0865. The van der Waals surface area contributed by atoms with Gasteiger partial charge in [-0.15, -0.1) is 0 Å². The zero-order valence-electron chi connectivity index (χ0n) is 19.4. The van der Waals surface area contributed by atoms with Crippen LogP contribution in [0.25, 0.3) is 0 Å². The van der Waals surface area contributed by atoms with Crippen LogP contribution in [0, 0.1) is 17.3 Å². The number of methoxy groups -OCH3 is 2. The van der Waals surface area contributed by atoms with Crippen molar-refractivity contribution in [2.24, 2.45) is 17.3 Å². The number of carbonyl (C=O) groups excluding carboxylic acids is 2. The van der Waals surface area contributed by atoms with Crippen molar-refractivity contribution in [1.29, 1.82) is 0 Å². The summed E-state index contributed by atoms with van der Waals surface area (Å²) in [4.78, 5) is 24.2. The van der Waals surface area contributed by atoms with Crippen LogP contribution in [-0.2, 0) is 14.3 Å². The number of fused-ring (bicyclic) bond motifs is 4. The fourth-order valence-electron chi connectivity index (χ4n) is 7.58. The first-order valence-corrected chi connectivity index (χ1v) is 11.9. The van der Waals surface area contributed by atoms with Gasteiger partial charge in [-0.05, 0) is 55.1 Å². The molecule has 1 aromatic carbocycles. The summed E-state index contributed by atoms with van der Waals surface area (Å²) in [6.07, 6.45) is 6.72. The normalized spacial score (nSPS) is 38.1. The maximum atomic E-state index is 13.0. The molecular formula is C27H34O5. The predicted molar refractivity (Wildman–Crippen MR) is 120 cm³/mol. The number of benzene rings is 1. The van der Waals surface area contributed by atoms with E-state index in [0.29, 0.717) is 48.9 Å². The van der Waals surface area contributed by atoms with Gasteiger partial charge in [0.05, 0.1) is 5.60 Å². The molecule has 5 nitrogen and oxygen atoms in total. The Morgan fingerprint density at radius 3 is 2.44 bits per heavy atom. The Balaban J connectivity index is 1.64. The Kier molecular flexibility index (Phi) is 5.23. The van der Waals surface area contributed by atoms with Gasteiger partial charge in [-0.25, -0.2) is 0 Å². The highest BCUT2D eigenvalue weighted by Gasteiger charge is 2.60. The van der Waals surface area contributed by atoms with Gasteiger partial charge in [-0.2, -0.15) is 0 Å². The molecule has 32 heavy (non-hydrogen) atoms. The maximum Gasteiger partial charge on any atom is 0.170 e. The fraction of sp³-hybridized carbons (Fsp3) is 0.630. The molecule has 0 aliphatic heterocycles. The van der Waals surface area contributed by atoms with E-state index in [2.05, 4.69) is 6.92 Å². The third kappa shape index (κ3) is 3.08. The maximum absolute atomic E-state index is 13.0. The lowest BCUT2D eigenvalue weighted by molar-refractivity contribution is -0.246. The molecule has 0 unspecified atom stereocenters. The Labute approximate surface area is 190 Å². The van der Waals surface area contributed by atoms with Crippen LogP contribution in [-0.4, -0.2) is 42.8 Å². The summed E-state index contributed by atoms with van der Waals surface area (Å²) in [7, 11) is 3.31. The highest BCUT2D eigenvalue weighted by atomic mass is 16.7. The molecule has 0 heterocycles. The van der Waals surface area contributed by atoms with E-state index in [1.165, 1.54) is 5.57 Å². The zero-order chi connectivity index (χ0) is 22.7. The van der Waals surface area contributed by atoms with Gasteiger partial charge in [-0.3, -0.25) is 9.59 Å². The molecule has 0 bridgehead atoms. The molecule has 5 atom stereocenters. The van der Waals surface area contributed by atoms with Crippen molar-refractivity contribution < 1.29 is 24.2 Å². The molecule has 3 saturated carbocycles. The van der Waals surface area contributed by atoms with Gasteiger partial charge in [0.2, 0.25) is 0 Å². The van der Waals surface area contributed by atoms with Gasteiger partial charge < -0.3 is 14.6 Å². The molecule has 5 heteroatoms. The van der Waals surface area contributed by atoms with Gasteiger partial charge in [-0.1, -0.05) is 36.8 Å².